The second-order valence-corrected chi connectivity index (χ2v) is 6.79. The van der Waals surface area contributed by atoms with Crippen LogP contribution in [0.4, 0.5) is 0 Å². The molecule has 1 N–H and O–H groups in total. The van der Waals surface area contributed by atoms with Gasteiger partial charge in [-0.2, -0.15) is 0 Å². The van der Waals surface area contributed by atoms with Gasteiger partial charge >= 0.3 is 0 Å². The number of likely N-dealkylation sites (tertiary alicyclic amines) is 1. The summed E-state index contributed by atoms with van der Waals surface area (Å²) in [6, 6.07) is 0.00775. The van der Waals surface area contributed by atoms with Gasteiger partial charge in [0.1, 0.15) is 0 Å². The van der Waals surface area contributed by atoms with Crippen LogP contribution in [0.2, 0.25) is 0 Å². The van der Waals surface area contributed by atoms with Crippen LogP contribution in [0, 0.1) is 5.92 Å². The van der Waals surface area contributed by atoms with Crippen LogP contribution < -0.4 is 4.72 Å². The molecule has 1 aliphatic heterocycles. The first-order valence-electron chi connectivity index (χ1n) is 6.06. The van der Waals surface area contributed by atoms with Gasteiger partial charge in [0.25, 0.3) is 0 Å². The van der Waals surface area contributed by atoms with Crippen LogP contribution in [-0.2, 0) is 14.8 Å². The van der Waals surface area contributed by atoms with E-state index in [9.17, 15) is 13.2 Å². The van der Waals surface area contributed by atoms with Gasteiger partial charge in [0.2, 0.25) is 15.9 Å². The molecule has 0 unspecified atom stereocenters. The van der Waals surface area contributed by atoms with Gasteiger partial charge in [0.15, 0.2) is 0 Å². The van der Waals surface area contributed by atoms with Gasteiger partial charge in [-0.05, 0) is 19.3 Å². The molecular formula is C11H22N2O3S. The number of carbonyl (C=O) groups excluding carboxylic acids is 1. The van der Waals surface area contributed by atoms with E-state index in [4.69, 9.17) is 0 Å². The molecule has 17 heavy (non-hydrogen) atoms. The molecule has 5 nitrogen and oxygen atoms in total. The predicted molar refractivity (Wildman–Crippen MR) is 67.0 cm³/mol. The van der Waals surface area contributed by atoms with Crippen molar-refractivity contribution in [1.82, 2.24) is 9.62 Å². The summed E-state index contributed by atoms with van der Waals surface area (Å²) < 4.78 is 24.6. The molecular weight excluding hydrogens is 240 g/mol. The summed E-state index contributed by atoms with van der Waals surface area (Å²) in [5, 5.41) is 0. The SMILES string of the molecule is CC(C)C(=O)N1CCCC[C@@H]1CNS(C)(=O)=O. The lowest BCUT2D eigenvalue weighted by atomic mass is 10.0. The van der Waals surface area contributed by atoms with Crippen LogP contribution in [0.3, 0.4) is 0 Å². The molecule has 1 saturated heterocycles. The largest absolute Gasteiger partial charge is 0.338 e. The van der Waals surface area contributed by atoms with E-state index in [1.165, 1.54) is 0 Å². The van der Waals surface area contributed by atoms with Crippen molar-refractivity contribution in [3.05, 3.63) is 0 Å². The van der Waals surface area contributed by atoms with Gasteiger partial charge in [0.05, 0.1) is 6.26 Å². The molecule has 0 radical (unpaired) electrons. The maximum atomic E-state index is 12.0. The Hall–Kier alpha value is -0.620. The summed E-state index contributed by atoms with van der Waals surface area (Å²) in [6.45, 7) is 4.82. The predicted octanol–water partition coefficient (Wildman–Crippen LogP) is 0.573. The number of sulfonamides is 1. The number of carbonyl (C=O) groups is 1. The first-order valence-corrected chi connectivity index (χ1v) is 7.95. The lowest BCUT2D eigenvalue weighted by Gasteiger charge is -2.36. The Labute approximate surface area is 104 Å². The number of hydrogen-bond acceptors (Lipinski definition) is 3. The maximum absolute atomic E-state index is 12.0. The maximum Gasteiger partial charge on any atom is 0.225 e. The zero-order valence-corrected chi connectivity index (χ0v) is 11.6. The van der Waals surface area contributed by atoms with Crippen molar-refractivity contribution in [2.75, 3.05) is 19.3 Å². The van der Waals surface area contributed by atoms with E-state index in [1.807, 2.05) is 18.7 Å². The summed E-state index contributed by atoms with van der Waals surface area (Å²) in [7, 11) is -3.18. The Morgan fingerprint density at radius 1 is 1.41 bits per heavy atom. The molecule has 1 rings (SSSR count). The minimum Gasteiger partial charge on any atom is -0.338 e. The molecule has 0 saturated carbocycles. The van der Waals surface area contributed by atoms with Gasteiger partial charge < -0.3 is 4.90 Å². The second-order valence-electron chi connectivity index (χ2n) is 4.96. The van der Waals surface area contributed by atoms with Gasteiger partial charge in [-0.25, -0.2) is 13.1 Å². The third-order valence-electron chi connectivity index (χ3n) is 2.99. The highest BCUT2D eigenvalue weighted by Crippen LogP contribution is 2.18. The van der Waals surface area contributed by atoms with Crippen LogP contribution in [0.25, 0.3) is 0 Å². The van der Waals surface area contributed by atoms with E-state index in [-0.39, 0.29) is 17.9 Å². The Kier molecular flexibility index (Phi) is 4.94. The van der Waals surface area contributed by atoms with Crippen LogP contribution in [0.5, 0.6) is 0 Å². The zero-order chi connectivity index (χ0) is 13.1. The monoisotopic (exact) mass is 262 g/mol. The third kappa shape index (κ3) is 4.63. The van der Waals surface area contributed by atoms with Crippen LogP contribution in [-0.4, -0.2) is 44.6 Å². The molecule has 1 fully saturated rings. The van der Waals surface area contributed by atoms with Crippen molar-refractivity contribution in [2.45, 2.75) is 39.2 Å². The number of hydrogen-bond donors (Lipinski definition) is 1. The van der Waals surface area contributed by atoms with E-state index in [0.717, 1.165) is 32.1 Å². The lowest BCUT2D eigenvalue weighted by Crippen LogP contribution is -2.50. The normalized spacial score (nSPS) is 21.9. The van der Waals surface area contributed by atoms with E-state index in [0.29, 0.717) is 6.54 Å². The first-order chi connectivity index (χ1) is 7.81. The first kappa shape index (κ1) is 14.4. The van der Waals surface area contributed by atoms with E-state index in [1.54, 1.807) is 0 Å². The van der Waals surface area contributed by atoms with E-state index < -0.39 is 10.0 Å². The van der Waals surface area contributed by atoms with Crippen molar-refractivity contribution in [3.63, 3.8) is 0 Å². The molecule has 1 aliphatic rings. The van der Waals surface area contributed by atoms with Crippen LogP contribution >= 0.6 is 0 Å². The topological polar surface area (TPSA) is 66.5 Å². The van der Waals surface area contributed by atoms with Gasteiger partial charge in [-0.1, -0.05) is 13.8 Å². The van der Waals surface area contributed by atoms with Crippen LogP contribution in [0.15, 0.2) is 0 Å². The molecule has 1 heterocycles. The molecule has 0 spiro atoms. The fourth-order valence-corrected chi connectivity index (χ4v) is 2.58. The molecule has 1 atom stereocenters. The molecule has 0 aromatic heterocycles. The second kappa shape index (κ2) is 5.82. The summed E-state index contributed by atoms with van der Waals surface area (Å²) in [6.07, 6.45) is 4.08. The summed E-state index contributed by atoms with van der Waals surface area (Å²) >= 11 is 0. The molecule has 0 aliphatic carbocycles. The number of piperidine rings is 1. The molecule has 6 heteroatoms. The Morgan fingerprint density at radius 2 is 2.06 bits per heavy atom. The smallest absolute Gasteiger partial charge is 0.225 e. The number of nitrogens with one attached hydrogen (secondary N) is 1. The molecule has 0 aromatic rings. The average Bonchev–Trinajstić information content (AvgIpc) is 2.24. The number of rotatable bonds is 4. The highest BCUT2D eigenvalue weighted by atomic mass is 32.2. The highest BCUT2D eigenvalue weighted by molar-refractivity contribution is 7.88. The number of nitrogens with zero attached hydrogens (tertiary/aromatic N) is 1. The fraction of sp³-hybridized carbons (Fsp3) is 0.909. The fourth-order valence-electron chi connectivity index (χ4n) is 2.08. The minimum absolute atomic E-state index is 0.00775. The van der Waals surface area contributed by atoms with Gasteiger partial charge in [-0.15, -0.1) is 0 Å². The lowest BCUT2D eigenvalue weighted by molar-refractivity contribution is -0.138. The molecule has 100 valence electrons. The molecule has 1 amide bonds. The van der Waals surface area contributed by atoms with Crippen molar-refractivity contribution < 1.29 is 13.2 Å². The highest BCUT2D eigenvalue weighted by Gasteiger charge is 2.28. The van der Waals surface area contributed by atoms with E-state index in [2.05, 4.69) is 4.72 Å². The average molecular weight is 262 g/mol. The Bertz CT molecular complexity index is 365. The van der Waals surface area contributed by atoms with Crippen molar-refractivity contribution in [3.8, 4) is 0 Å². The summed E-state index contributed by atoms with van der Waals surface area (Å²) in [5.74, 6) is 0.0823. The van der Waals surface area contributed by atoms with E-state index >= 15 is 0 Å². The standard InChI is InChI=1S/C11H22N2O3S/c1-9(2)11(14)13-7-5-4-6-10(13)8-12-17(3,15)16/h9-10,12H,4-8H2,1-3H3/t10-/m1/s1. The Balaban J connectivity index is 2.63. The number of amides is 1. The van der Waals surface area contributed by atoms with Crippen molar-refractivity contribution in [1.29, 1.82) is 0 Å². The minimum atomic E-state index is -3.18. The summed E-state index contributed by atoms with van der Waals surface area (Å²) in [4.78, 5) is 13.8. The van der Waals surface area contributed by atoms with Gasteiger partial charge in [-0.3, -0.25) is 4.79 Å². The Morgan fingerprint density at radius 3 is 2.59 bits per heavy atom. The van der Waals surface area contributed by atoms with Crippen molar-refractivity contribution >= 4 is 15.9 Å². The zero-order valence-electron chi connectivity index (χ0n) is 10.8. The van der Waals surface area contributed by atoms with Gasteiger partial charge in [0, 0.05) is 25.0 Å². The van der Waals surface area contributed by atoms with Crippen molar-refractivity contribution in [2.24, 2.45) is 5.92 Å². The third-order valence-corrected chi connectivity index (χ3v) is 3.68. The molecule has 0 bridgehead atoms. The van der Waals surface area contributed by atoms with Crippen LogP contribution in [0.1, 0.15) is 33.1 Å². The quantitative estimate of drug-likeness (QED) is 0.805. The summed E-state index contributed by atoms with van der Waals surface area (Å²) in [5.41, 5.74) is 0. The molecule has 0 aromatic carbocycles.